The number of hydrazine groups is 1. The zero-order chi connectivity index (χ0) is 19.2. The fourth-order valence-electron chi connectivity index (χ4n) is 2.33. The number of nitrogens with zero attached hydrogens (tertiary/aromatic N) is 1. The third-order valence-electron chi connectivity index (χ3n) is 3.70. The Hall–Kier alpha value is -3.32. The van der Waals surface area contributed by atoms with Crippen LogP contribution in [0.25, 0.3) is 11.3 Å². The molecule has 0 fully saturated rings. The first kappa shape index (κ1) is 18.5. The number of aromatic hydroxyl groups is 1. The number of benzene rings is 2. The molecule has 0 aliphatic rings. The number of amides is 2. The molecule has 3 rings (SSSR count). The van der Waals surface area contributed by atoms with Crippen LogP contribution < -0.4 is 10.9 Å². The molecule has 0 saturated heterocycles. The molecule has 0 atom stereocenters. The number of nitrogens with one attached hydrogen (secondary N) is 2. The Labute approximate surface area is 160 Å². The number of aryl methyl sites for hydroxylation is 1. The summed E-state index contributed by atoms with van der Waals surface area (Å²) in [5, 5.41) is 9.96. The number of halogens is 1. The Morgan fingerprint density at radius 3 is 2.67 bits per heavy atom. The first-order valence-electron chi connectivity index (χ1n) is 8.11. The van der Waals surface area contributed by atoms with Gasteiger partial charge in [-0.1, -0.05) is 41.9 Å². The van der Waals surface area contributed by atoms with Gasteiger partial charge in [0.25, 0.3) is 5.91 Å². The molecular weight excluding hydrogens is 370 g/mol. The Kier molecular flexibility index (Phi) is 5.73. The molecule has 1 aromatic heterocycles. The molecule has 3 aromatic rings. The second-order valence-corrected chi connectivity index (χ2v) is 6.08. The molecule has 8 heteroatoms. The van der Waals surface area contributed by atoms with E-state index in [0.717, 1.165) is 5.56 Å². The van der Waals surface area contributed by atoms with E-state index >= 15 is 0 Å². The van der Waals surface area contributed by atoms with Gasteiger partial charge in [-0.2, -0.15) is 0 Å². The van der Waals surface area contributed by atoms with E-state index in [1.165, 1.54) is 18.2 Å². The lowest BCUT2D eigenvalue weighted by Crippen LogP contribution is -2.41. The predicted octanol–water partition coefficient (Wildman–Crippen LogP) is 3.09. The Bertz CT molecular complexity index is 957. The van der Waals surface area contributed by atoms with Crippen molar-refractivity contribution in [1.29, 1.82) is 0 Å². The maximum Gasteiger partial charge on any atom is 0.273 e. The molecule has 1 heterocycles. The van der Waals surface area contributed by atoms with Gasteiger partial charge in [-0.05, 0) is 18.2 Å². The number of carbonyl (C=O) groups is 2. The summed E-state index contributed by atoms with van der Waals surface area (Å²) in [5.41, 5.74) is 5.36. The molecule has 0 saturated carbocycles. The minimum absolute atomic E-state index is 0.0389. The van der Waals surface area contributed by atoms with Gasteiger partial charge < -0.3 is 9.52 Å². The Morgan fingerprint density at radius 2 is 1.89 bits per heavy atom. The summed E-state index contributed by atoms with van der Waals surface area (Å²) >= 11 is 5.79. The largest absolute Gasteiger partial charge is 0.507 e. The van der Waals surface area contributed by atoms with E-state index in [2.05, 4.69) is 15.8 Å². The van der Waals surface area contributed by atoms with Crippen LogP contribution in [-0.2, 0) is 11.2 Å². The van der Waals surface area contributed by atoms with Crippen LogP contribution in [0.15, 0.2) is 59.1 Å². The van der Waals surface area contributed by atoms with Gasteiger partial charge in [0.05, 0.1) is 11.8 Å². The van der Waals surface area contributed by atoms with Crippen molar-refractivity contribution < 1.29 is 19.1 Å². The van der Waals surface area contributed by atoms with Crippen molar-refractivity contribution in [3.8, 4) is 17.1 Å². The van der Waals surface area contributed by atoms with Gasteiger partial charge >= 0.3 is 0 Å². The zero-order valence-corrected chi connectivity index (χ0v) is 14.9. The lowest BCUT2D eigenvalue weighted by Gasteiger charge is -2.08. The average molecular weight is 386 g/mol. The van der Waals surface area contributed by atoms with Gasteiger partial charge in [0.1, 0.15) is 5.75 Å². The molecule has 0 aliphatic heterocycles. The molecule has 0 bridgehead atoms. The van der Waals surface area contributed by atoms with Gasteiger partial charge in [0.15, 0.2) is 11.7 Å². The summed E-state index contributed by atoms with van der Waals surface area (Å²) in [7, 11) is 0. The van der Waals surface area contributed by atoms with E-state index in [0.29, 0.717) is 16.7 Å². The molecular formula is C19H16ClN3O4. The van der Waals surface area contributed by atoms with Crippen molar-refractivity contribution in [1.82, 2.24) is 15.8 Å². The molecule has 138 valence electrons. The van der Waals surface area contributed by atoms with Crippen LogP contribution in [0.3, 0.4) is 0 Å². The molecule has 2 amide bonds. The number of oxazole rings is 1. The highest BCUT2D eigenvalue weighted by molar-refractivity contribution is 6.31. The summed E-state index contributed by atoms with van der Waals surface area (Å²) in [4.78, 5) is 28.0. The fraction of sp³-hybridized carbons (Fsp3) is 0.105. The highest BCUT2D eigenvalue weighted by atomic mass is 35.5. The second kappa shape index (κ2) is 8.37. The molecule has 0 radical (unpaired) electrons. The summed E-state index contributed by atoms with van der Waals surface area (Å²) in [6.07, 6.45) is 1.94. The summed E-state index contributed by atoms with van der Waals surface area (Å²) < 4.78 is 5.62. The van der Waals surface area contributed by atoms with E-state index in [1.807, 2.05) is 30.3 Å². The minimum atomic E-state index is -0.675. The van der Waals surface area contributed by atoms with Gasteiger partial charge in [0, 0.05) is 23.4 Å². The van der Waals surface area contributed by atoms with E-state index < -0.39 is 11.8 Å². The fourth-order valence-corrected chi connectivity index (χ4v) is 2.50. The minimum Gasteiger partial charge on any atom is -0.507 e. The molecule has 0 aliphatic carbocycles. The van der Waals surface area contributed by atoms with Crippen LogP contribution in [0.5, 0.6) is 5.75 Å². The van der Waals surface area contributed by atoms with Crippen LogP contribution in [0, 0.1) is 0 Å². The van der Waals surface area contributed by atoms with Crippen molar-refractivity contribution in [2.24, 2.45) is 0 Å². The van der Waals surface area contributed by atoms with E-state index in [4.69, 9.17) is 16.0 Å². The van der Waals surface area contributed by atoms with Crippen molar-refractivity contribution in [3.05, 3.63) is 71.2 Å². The zero-order valence-electron chi connectivity index (χ0n) is 14.1. The first-order valence-corrected chi connectivity index (χ1v) is 8.48. The van der Waals surface area contributed by atoms with Gasteiger partial charge in [-0.25, -0.2) is 4.98 Å². The van der Waals surface area contributed by atoms with Gasteiger partial charge in [-0.15, -0.1) is 0 Å². The number of phenols is 1. The van der Waals surface area contributed by atoms with Crippen molar-refractivity contribution in [2.75, 3.05) is 0 Å². The van der Waals surface area contributed by atoms with E-state index in [9.17, 15) is 14.7 Å². The molecule has 3 N–H and O–H groups in total. The topological polar surface area (TPSA) is 104 Å². The highest BCUT2D eigenvalue weighted by Crippen LogP contribution is 2.21. The van der Waals surface area contributed by atoms with Crippen LogP contribution >= 0.6 is 11.6 Å². The number of hydrogen-bond acceptors (Lipinski definition) is 5. The maximum atomic E-state index is 12.0. The Morgan fingerprint density at radius 1 is 1.11 bits per heavy atom. The van der Waals surface area contributed by atoms with Crippen LogP contribution in [-0.4, -0.2) is 21.9 Å². The first-order chi connectivity index (χ1) is 13.0. The second-order valence-electron chi connectivity index (χ2n) is 5.65. The van der Waals surface area contributed by atoms with Crippen LogP contribution in [0.4, 0.5) is 0 Å². The maximum absolute atomic E-state index is 12.0. The SMILES string of the molecule is O=C(CCc1ncc(-c2ccccc2)o1)NNC(=O)c1cc(Cl)ccc1O. The third-order valence-corrected chi connectivity index (χ3v) is 3.93. The lowest BCUT2D eigenvalue weighted by molar-refractivity contribution is -0.121. The van der Waals surface area contributed by atoms with Crippen LogP contribution in [0.1, 0.15) is 22.7 Å². The van der Waals surface area contributed by atoms with Crippen molar-refractivity contribution >= 4 is 23.4 Å². The normalized spacial score (nSPS) is 10.4. The summed E-state index contributed by atoms with van der Waals surface area (Å²) in [6.45, 7) is 0. The van der Waals surface area contributed by atoms with E-state index in [-0.39, 0.29) is 24.2 Å². The number of aromatic nitrogens is 1. The number of hydrogen-bond donors (Lipinski definition) is 3. The Balaban J connectivity index is 1.49. The quantitative estimate of drug-likeness (QED) is 0.585. The summed E-state index contributed by atoms with van der Waals surface area (Å²) in [5.74, 6) is -0.298. The monoisotopic (exact) mass is 385 g/mol. The number of carbonyl (C=O) groups excluding carboxylic acids is 2. The molecule has 0 unspecified atom stereocenters. The third kappa shape index (κ3) is 4.86. The number of rotatable bonds is 5. The molecule has 2 aromatic carbocycles. The lowest BCUT2D eigenvalue weighted by atomic mass is 10.2. The smallest absolute Gasteiger partial charge is 0.273 e. The van der Waals surface area contributed by atoms with Crippen molar-refractivity contribution in [3.63, 3.8) is 0 Å². The highest BCUT2D eigenvalue weighted by Gasteiger charge is 2.13. The molecule has 7 nitrogen and oxygen atoms in total. The van der Waals surface area contributed by atoms with Gasteiger partial charge in [0.2, 0.25) is 5.91 Å². The standard InChI is InChI=1S/C19H16ClN3O4/c20-13-6-7-15(24)14(10-13)19(26)23-22-17(25)8-9-18-21-11-16(27-18)12-4-2-1-3-5-12/h1-7,10-11,24H,8-9H2,(H,22,25)(H,23,26). The van der Waals surface area contributed by atoms with E-state index in [1.54, 1.807) is 6.20 Å². The predicted molar refractivity (Wildman–Crippen MR) is 99.0 cm³/mol. The molecule has 27 heavy (non-hydrogen) atoms. The number of phenolic OH excluding ortho intramolecular Hbond substituents is 1. The van der Waals surface area contributed by atoms with Gasteiger partial charge in [-0.3, -0.25) is 20.4 Å². The summed E-state index contributed by atoms with van der Waals surface area (Å²) in [6, 6.07) is 13.5. The molecule has 0 spiro atoms. The average Bonchev–Trinajstić information content (AvgIpc) is 3.16. The van der Waals surface area contributed by atoms with Crippen LogP contribution in [0.2, 0.25) is 5.02 Å². The van der Waals surface area contributed by atoms with Crippen molar-refractivity contribution in [2.45, 2.75) is 12.8 Å².